The van der Waals surface area contributed by atoms with E-state index < -0.39 is 0 Å². The van der Waals surface area contributed by atoms with Crippen molar-refractivity contribution < 1.29 is 0 Å². The molecule has 0 fully saturated rings. The van der Waals surface area contributed by atoms with Crippen LogP contribution in [0.5, 0.6) is 0 Å². The first-order valence-corrected chi connectivity index (χ1v) is 7.62. The standard InChI is InChI=1S/C17H27N/c1-3-11-18(12-4-2)14-15-9-10-16-7-5-6-8-17(16)13-15/h5-8,15H,3-4,9-14H2,1-2H3. The van der Waals surface area contributed by atoms with E-state index >= 15 is 0 Å². The molecule has 0 radical (unpaired) electrons. The third kappa shape index (κ3) is 3.58. The van der Waals surface area contributed by atoms with Gasteiger partial charge in [0.25, 0.3) is 0 Å². The zero-order valence-electron chi connectivity index (χ0n) is 12.0. The molecule has 0 aromatic heterocycles. The Hall–Kier alpha value is -0.820. The van der Waals surface area contributed by atoms with Gasteiger partial charge >= 0.3 is 0 Å². The minimum atomic E-state index is 0.873. The molecule has 1 aromatic carbocycles. The molecule has 0 bridgehead atoms. The van der Waals surface area contributed by atoms with E-state index in [0.29, 0.717) is 0 Å². The van der Waals surface area contributed by atoms with Gasteiger partial charge in [0.2, 0.25) is 0 Å². The maximum atomic E-state index is 2.67. The largest absolute Gasteiger partial charge is 0.303 e. The summed E-state index contributed by atoms with van der Waals surface area (Å²) in [6.07, 6.45) is 6.51. The first-order valence-electron chi connectivity index (χ1n) is 7.62. The molecule has 0 saturated carbocycles. The molecule has 1 aliphatic carbocycles. The van der Waals surface area contributed by atoms with Crippen molar-refractivity contribution in [1.29, 1.82) is 0 Å². The second-order valence-corrected chi connectivity index (χ2v) is 5.68. The quantitative estimate of drug-likeness (QED) is 0.734. The molecular weight excluding hydrogens is 218 g/mol. The van der Waals surface area contributed by atoms with Crippen LogP contribution in [-0.4, -0.2) is 24.5 Å². The molecule has 1 aliphatic rings. The molecule has 2 rings (SSSR count). The summed E-state index contributed by atoms with van der Waals surface area (Å²) in [6, 6.07) is 9.00. The fourth-order valence-electron chi connectivity index (χ4n) is 3.22. The van der Waals surface area contributed by atoms with E-state index in [2.05, 4.69) is 43.0 Å². The van der Waals surface area contributed by atoms with Gasteiger partial charge in [0, 0.05) is 6.54 Å². The number of nitrogens with zero attached hydrogens (tertiary/aromatic N) is 1. The molecule has 0 amide bonds. The smallest absolute Gasteiger partial charge is 0.00129 e. The molecule has 1 heteroatoms. The number of rotatable bonds is 6. The van der Waals surface area contributed by atoms with E-state index in [9.17, 15) is 0 Å². The summed E-state index contributed by atoms with van der Waals surface area (Å²) in [7, 11) is 0. The minimum absolute atomic E-state index is 0.873. The van der Waals surface area contributed by atoms with Crippen molar-refractivity contribution in [3.05, 3.63) is 35.4 Å². The number of hydrogen-bond acceptors (Lipinski definition) is 1. The van der Waals surface area contributed by atoms with Gasteiger partial charge in [-0.15, -0.1) is 0 Å². The van der Waals surface area contributed by atoms with Gasteiger partial charge in [-0.2, -0.15) is 0 Å². The van der Waals surface area contributed by atoms with Crippen LogP contribution >= 0.6 is 0 Å². The molecule has 1 nitrogen and oxygen atoms in total. The van der Waals surface area contributed by atoms with E-state index in [1.807, 2.05) is 0 Å². The van der Waals surface area contributed by atoms with Crippen LogP contribution < -0.4 is 0 Å². The van der Waals surface area contributed by atoms with Crippen LogP contribution in [0.2, 0.25) is 0 Å². The van der Waals surface area contributed by atoms with Crippen molar-refractivity contribution in [2.75, 3.05) is 19.6 Å². The Balaban J connectivity index is 1.91. The van der Waals surface area contributed by atoms with Crippen LogP contribution in [0.15, 0.2) is 24.3 Å². The van der Waals surface area contributed by atoms with Crippen molar-refractivity contribution in [1.82, 2.24) is 4.90 Å². The Morgan fingerprint density at radius 3 is 2.39 bits per heavy atom. The predicted molar refractivity (Wildman–Crippen MR) is 79.0 cm³/mol. The van der Waals surface area contributed by atoms with E-state index in [-0.39, 0.29) is 0 Å². The van der Waals surface area contributed by atoms with Crippen molar-refractivity contribution >= 4 is 0 Å². The van der Waals surface area contributed by atoms with Gasteiger partial charge < -0.3 is 4.90 Å². The second kappa shape index (κ2) is 6.94. The summed E-state index contributed by atoms with van der Waals surface area (Å²) >= 11 is 0. The maximum Gasteiger partial charge on any atom is 0.00129 e. The van der Waals surface area contributed by atoms with Crippen LogP contribution in [0.1, 0.15) is 44.2 Å². The molecular formula is C17H27N. The number of benzene rings is 1. The van der Waals surface area contributed by atoms with Gasteiger partial charge in [0.15, 0.2) is 0 Å². The van der Waals surface area contributed by atoms with Gasteiger partial charge in [-0.25, -0.2) is 0 Å². The minimum Gasteiger partial charge on any atom is -0.303 e. The van der Waals surface area contributed by atoms with Crippen LogP contribution in [0.3, 0.4) is 0 Å². The molecule has 1 unspecified atom stereocenters. The SMILES string of the molecule is CCCN(CCC)CC1CCc2ccccc2C1. The molecule has 0 spiro atoms. The van der Waals surface area contributed by atoms with E-state index in [0.717, 1.165) is 5.92 Å². The molecule has 0 aliphatic heterocycles. The van der Waals surface area contributed by atoms with Crippen LogP contribution in [0.25, 0.3) is 0 Å². The highest BCUT2D eigenvalue weighted by molar-refractivity contribution is 5.29. The van der Waals surface area contributed by atoms with Crippen LogP contribution in [0.4, 0.5) is 0 Å². The number of fused-ring (bicyclic) bond motifs is 1. The third-order valence-corrected chi connectivity index (χ3v) is 4.04. The van der Waals surface area contributed by atoms with Gasteiger partial charge in [-0.3, -0.25) is 0 Å². The average molecular weight is 245 g/mol. The van der Waals surface area contributed by atoms with Gasteiger partial charge in [0.1, 0.15) is 0 Å². The Kier molecular flexibility index (Phi) is 5.25. The fourth-order valence-corrected chi connectivity index (χ4v) is 3.22. The highest BCUT2D eigenvalue weighted by Crippen LogP contribution is 2.26. The summed E-state index contributed by atoms with van der Waals surface area (Å²) in [6.45, 7) is 8.42. The maximum absolute atomic E-state index is 2.67. The van der Waals surface area contributed by atoms with E-state index in [4.69, 9.17) is 0 Å². The van der Waals surface area contributed by atoms with Crippen LogP contribution in [0, 0.1) is 5.92 Å². The molecule has 0 heterocycles. The summed E-state index contributed by atoms with van der Waals surface area (Å²) in [5.41, 5.74) is 3.19. The highest BCUT2D eigenvalue weighted by atomic mass is 15.1. The average Bonchev–Trinajstić information content (AvgIpc) is 2.39. The topological polar surface area (TPSA) is 3.24 Å². The van der Waals surface area contributed by atoms with E-state index in [1.165, 1.54) is 51.7 Å². The van der Waals surface area contributed by atoms with Gasteiger partial charge in [0.05, 0.1) is 0 Å². The third-order valence-electron chi connectivity index (χ3n) is 4.04. The molecule has 0 N–H and O–H groups in total. The predicted octanol–water partition coefficient (Wildman–Crippen LogP) is 3.91. The van der Waals surface area contributed by atoms with Crippen molar-refractivity contribution in [3.63, 3.8) is 0 Å². The number of hydrogen-bond donors (Lipinski definition) is 0. The first kappa shape index (κ1) is 13.6. The van der Waals surface area contributed by atoms with Crippen LogP contribution in [-0.2, 0) is 12.8 Å². The Bertz CT molecular complexity index is 352. The summed E-state index contributed by atoms with van der Waals surface area (Å²) < 4.78 is 0. The highest BCUT2D eigenvalue weighted by Gasteiger charge is 2.20. The Morgan fingerprint density at radius 1 is 1.06 bits per heavy atom. The lowest BCUT2D eigenvalue weighted by Gasteiger charge is -2.30. The first-order chi connectivity index (χ1) is 8.83. The Morgan fingerprint density at radius 2 is 1.72 bits per heavy atom. The van der Waals surface area contributed by atoms with E-state index in [1.54, 1.807) is 11.1 Å². The zero-order chi connectivity index (χ0) is 12.8. The molecule has 0 saturated heterocycles. The monoisotopic (exact) mass is 245 g/mol. The lowest BCUT2D eigenvalue weighted by molar-refractivity contribution is 0.220. The van der Waals surface area contributed by atoms with Gasteiger partial charge in [-0.05, 0) is 62.2 Å². The van der Waals surface area contributed by atoms with Crippen molar-refractivity contribution in [2.45, 2.75) is 46.0 Å². The fraction of sp³-hybridized carbons (Fsp3) is 0.647. The lowest BCUT2D eigenvalue weighted by Crippen LogP contribution is -2.33. The van der Waals surface area contributed by atoms with Gasteiger partial charge in [-0.1, -0.05) is 38.1 Å². The second-order valence-electron chi connectivity index (χ2n) is 5.68. The Labute approximate surface area is 112 Å². The van der Waals surface area contributed by atoms with Crippen molar-refractivity contribution in [2.24, 2.45) is 5.92 Å². The molecule has 18 heavy (non-hydrogen) atoms. The lowest BCUT2D eigenvalue weighted by atomic mass is 9.83. The zero-order valence-corrected chi connectivity index (χ0v) is 12.0. The molecule has 100 valence electrons. The molecule has 1 aromatic rings. The normalized spacial score (nSPS) is 18.9. The summed E-state index contributed by atoms with van der Waals surface area (Å²) in [5, 5.41) is 0. The van der Waals surface area contributed by atoms with Crippen molar-refractivity contribution in [3.8, 4) is 0 Å². The summed E-state index contributed by atoms with van der Waals surface area (Å²) in [5.74, 6) is 0.873. The molecule has 1 atom stereocenters. The number of aryl methyl sites for hydroxylation is 1. The summed E-state index contributed by atoms with van der Waals surface area (Å²) in [4.78, 5) is 2.67.